The Kier molecular flexibility index (Phi) is 8.28. The van der Waals surface area contributed by atoms with Gasteiger partial charge in [-0.15, -0.1) is 0 Å². The number of aryl methyl sites for hydroxylation is 1. The number of carbonyl (C=O) groups excluding carboxylic acids is 3. The number of fused-ring (bicyclic) bond motifs is 1. The Bertz CT molecular complexity index is 1070. The molecule has 3 N–H and O–H groups in total. The average molecular weight is 486 g/mol. The maximum Gasteiger partial charge on any atom is 0.251 e. The maximum atomic E-state index is 13.7. The molecule has 0 saturated heterocycles. The SMILES string of the molecule is CN[C@@H](C)C(=O)NC(C(=O)N1c2ncccc2CC1C(=O)NCc1cc(Cl)ccc1C)C(C)C. The van der Waals surface area contributed by atoms with Crippen molar-refractivity contribution in [3.8, 4) is 0 Å². The second kappa shape index (κ2) is 11.0. The zero-order valence-electron chi connectivity index (χ0n) is 20.2. The van der Waals surface area contributed by atoms with Crippen LogP contribution < -0.4 is 20.9 Å². The Balaban J connectivity index is 1.85. The lowest BCUT2D eigenvalue weighted by Gasteiger charge is -2.31. The number of carbonyl (C=O) groups is 3. The van der Waals surface area contributed by atoms with Gasteiger partial charge in [0.2, 0.25) is 11.8 Å². The predicted molar refractivity (Wildman–Crippen MR) is 133 cm³/mol. The van der Waals surface area contributed by atoms with E-state index in [0.717, 1.165) is 16.7 Å². The van der Waals surface area contributed by atoms with Crippen LogP contribution in [0.1, 0.15) is 37.5 Å². The van der Waals surface area contributed by atoms with Gasteiger partial charge in [-0.05, 0) is 61.7 Å². The molecule has 1 aromatic carbocycles. The highest BCUT2D eigenvalue weighted by Crippen LogP contribution is 2.31. The number of halogens is 1. The maximum absolute atomic E-state index is 13.7. The molecule has 182 valence electrons. The molecule has 1 aromatic heterocycles. The molecule has 1 aliphatic rings. The number of likely N-dealkylation sites (N-methyl/N-ethyl adjacent to an activating group) is 1. The van der Waals surface area contributed by atoms with E-state index in [1.54, 1.807) is 32.3 Å². The van der Waals surface area contributed by atoms with Crippen LogP contribution in [0.5, 0.6) is 0 Å². The summed E-state index contributed by atoms with van der Waals surface area (Å²) in [6, 6.07) is 7.14. The lowest BCUT2D eigenvalue weighted by atomic mass is 10.0. The lowest BCUT2D eigenvalue weighted by molar-refractivity contribution is -0.131. The summed E-state index contributed by atoms with van der Waals surface area (Å²) in [4.78, 5) is 45.4. The van der Waals surface area contributed by atoms with Crippen LogP contribution in [0.3, 0.4) is 0 Å². The van der Waals surface area contributed by atoms with Crippen molar-refractivity contribution < 1.29 is 14.4 Å². The third kappa shape index (κ3) is 5.56. The molecule has 3 atom stereocenters. The number of nitrogens with one attached hydrogen (secondary N) is 3. The van der Waals surface area contributed by atoms with E-state index >= 15 is 0 Å². The van der Waals surface area contributed by atoms with Crippen molar-refractivity contribution in [2.24, 2.45) is 5.92 Å². The van der Waals surface area contributed by atoms with Crippen LogP contribution in [-0.4, -0.2) is 47.9 Å². The van der Waals surface area contributed by atoms with Crippen molar-refractivity contribution in [3.63, 3.8) is 0 Å². The molecule has 34 heavy (non-hydrogen) atoms. The molecule has 0 spiro atoms. The normalized spacial score (nSPS) is 16.7. The molecule has 0 radical (unpaired) electrons. The molecule has 0 saturated carbocycles. The minimum atomic E-state index is -0.804. The Hall–Kier alpha value is -2.97. The molecule has 0 aliphatic carbocycles. The predicted octanol–water partition coefficient (Wildman–Crippen LogP) is 2.37. The number of nitrogens with zero attached hydrogens (tertiary/aromatic N) is 2. The Morgan fingerprint density at radius 3 is 2.62 bits per heavy atom. The highest BCUT2D eigenvalue weighted by molar-refractivity contribution is 6.30. The van der Waals surface area contributed by atoms with Gasteiger partial charge in [-0.2, -0.15) is 0 Å². The third-order valence-electron chi connectivity index (χ3n) is 6.18. The largest absolute Gasteiger partial charge is 0.350 e. The zero-order valence-corrected chi connectivity index (χ0v) is 20.9. The number of benzene rings is 1. The standard InChI is InChI=1S/C25H32ClN5O3/c1-14(2)21(30-23(32)16(4)27-5)25(34)31-20(12-17-7-6-10-28-22(17)31)24(33)29-13-18-11-19(26)9-8-15(18)3/h6-11,14,16,20-21,27H,12-13H2,1-5H3,(H,29,33)(H,30,32)/t16-,20?,21?/m0/s1. The Morgan fingerprint density at radius 1 is 1.21 bits per heavy atom. The third-order valence-corrected chi connectivity index (χ3v) is 6.42. The number of rotatable bonds is 8. The molecule has 2 heterocycles. The fraction of sp³-hybridized carbons (Fsp3) is 0.440. The summed E-state index contributed by atoms with van der Waals surface area (Å²) < 4.78 is 0. The molecule has 3 amide bonds. The van der Waals surface area contributed by atoms with Crippen LogP contribution in [-0.2, 0) is 27.3 Å². The van der Waals surface area contributed by atoms with Crippen LogP contribution in [0.25, 0.3) is 0 Å². The first-order chi connectivity index (χ1) is 16.1. The first-order valence-corrected chi connectivity index (χ1v) is 11.8. The highest BCUT2D eigenvalue weighted by atomic mass is 35.5. The van der Waals surface area contributed by atoms with Crippen molar-refractivity contribution in [1.29, 1.82) is 0 Å². The summed E-state index contributed by atoms with van der Waals surface area (Å²) >= 11 is 6.11. The van der Waals surface area contributed by atoms with Gasteiger partial charge < -0.3 is 16.0 Å². The van der Waals surface area contributed by atoms with Crippen molar-refractivity contribution in [1.82, 2.24) is 20.9 Å². The Labute approximate surface area is 205 Å². The van der Waals surface area contributed by atoms with E-state index in [1.165, 1.54) is 4.90 Å². The van der Waals surface area contributed by atoms with Gasteiger partial charge in [-0.25, -0.2) is 4.98 Å². The van der Waals surface area contributed by atoms with Crippen LogP contribution >= 0.6 is 11.6 Å². The first-order valence-electron chi connectivity index (χ1n) is 11.4. The number of anilines is 1. The molecule has 0 fully saturated rings. The molecular formula is C25H32ClN5O3. The summed E-state index contributed by atoms with van der Waals surface area (Å²) in [5.41, 5.74) is 2.73. The average Bonchev–Trinajstić information content (AvgIpc) is 3.21. The molecule has 9 heteroatoms. The minimum Gasteiger partial charge on any atom is -0.350 e. The van der Waals surface area contributed by atoms with Gasteiger partial charge in [0.15, 0.2) is 0 Å². The zero-order chi connectivity index (χ0) is 25.0. The topological polar surface area (TPSA) is 103 Å². The number of aromatic nitrogens is 1. The van der Waals surface area contributed by atoms with Crippen LogP contribution in [0.15, 0.2) is 36.5 Å². The second-order valence-electron chi connectivity index (χ2n) is 8.94. The quantitative estimate of drug-likeness (QED) is 0.532. The van der Waals surface area contributed by atoms with E-state index in [9.17, 15) is 14.4 Å². The number of hydrogen-bond acceptors (Lipinski definition) is 5. The highest BCUT2D eigenvalue weighted by Gasteiger charge is 2.42. The number of amides is 3. The van der Waals surface area contributed by atoms with Crippen LogP contribution in [0.4, 0.5) is 5.82 Å². The first kappa shape index (κ1) is 25.6. The van der Waals surface area contributed by atoms with Crippen molar-refractivity contribution in [2.75, 3.05) is 11.9 Å². The van der Waals surface area contributed by atoms with E-state index in [1.807, 2.05) is 39.0 Å². The van der Waals surface area contributed by atoms with E-state index < -0.39 is 18.1 Å². The van der Waals surface area contributed by atoms with Gasteiger partial charge in [-0.3, -0.25) is 19.3 Å². The summed E-state index contributed by atoms with van der Waals surface area (Å²) in [6.45, 7) is 7.68. The molecule has 2 aromatic rings. The summed E-state index contributed by atoms with van der Waals surface area (Å²) in [6.07, 6.45) is 1.95. The van der Waals surface area contributed by atoms with E-state index in [4.69, 9.17) is 11.6 Å². The fourth-order valence-corrected chi connectivity index (χ4v) is 4.12. The summed E-state index contributed by atoms with van der Waals surface area (Å²) in [7, 11) is 1.68. The smallest absolute Gasteiger partial charge is 0.251 e. The van der Waals surface area contributed by atoms with Gasteiger partial charge >= 0.3 is 0 Å². The van der Waals surface area contributed by atoms with Gasteiger partial charge in [0.25, 0.3) is 5.91 Å². The van der Waals surface area contributed by atoms with Gasteiger partial charge in [0.05, 0.1) is 6.04 Å². The van der Waals surface area contributed by atoms with Crippen molar-refractivity contribution in [2.45, 2.75) is 58.8 Å². The van der Waals surface area contributed by atoms with Crippen molar-refractivity contribution >= 4 is 35.1 Å². The summed E-state index contributed by atoms with van der Waals surface area (Å²) in [5, 5.41) is 9.26. The fourth-order valence-electron chi connectivity index (χ4n) is 3.93. The van der Waals surface area contributed by atoms with E-state index in [-0.39, 0.29) is 30.2 Å². The van der Waals surface area contributed by atoms with E-state index in [0.29, 0.717) is 17.3 Å². The lowest BCUT2D eigenvalue weighted by Crippen LogP contribution is -2.58. The molecule has 2 unspecified atom stereocenters. The minimum absolute atomic E-state index is 0.189. The van der Waals surface area contributed by atoms with Crippen LogP contribution in [0.2, 0.25) is 5.02 Å². The summed E-state index contributed by atoms with van der Waals surface area (Å²) in [5.74, 6) is -0.669. The molecule has 8 nitrogen and oxygen atoms in total. The molecule has 1 aliphatic heterocycles. The van der Waals surface area contributed by atoms with Gasteiger partial charge in [0, 0.05) is 24.2 Å². The monoisotopic (exact) mass is 485 g/mol. The molecular weight excluding hydrogens is 454 g/mol. The van der Waals surface area contributed by atoms with Crippen LogP contribution in [0, 0.1) is 12.8 Å². The van der Waals surface area contributed by atoms with E-state index in [2.05, 4.69) is 20.9 Å². The van der Waals surface area contributed by atoms with Crippen molar-refractivity contribution in [3.05, 3.63) is 58.2 Å². The number of pyridine rings is 1. The molecule has 3 rings (SSSR count). The van der Waals surface area contributed by atoms with Gasteiger partial charge in [-0.1, -0.05) is 37.6 Å². The second-order valence-corrected chi connectivity index (χ2v) is 9.38. The number of hydrogen-bond donors (Lipinski definition) is 3. The Morgan fingerprint density at radius 2 is 1.94 bits per heavy atom. The molecule has 0 bridgehead atoms. The van der Waals surface area contributed by atoms with Gasteiger partial charge in [0.1, 0.15) is 17.9 Å².